The molecule has 1 aliphatic carbocycles. The zero-order valence-corrected chi connectivity index (χ0v) is 15.1. The smallest absolute Gasteiger partial charge is 0.163 e. The van der Waals surface area contributed by atoms with E-state index < -0.39 is 11.8 Å². The van der Waals surface area contributed by atoms with Crippen molar-refractivity contribution in [3.05, 3.63) is 46.2 Å². The molecule has 0 saturated carbocycles. The summed E-state index contributed by atoms with van der Waals surface area (Å²) in [4.78, 5) is 12.7. The average Bonchev–Trinajstić information content (AvgIpc) is 2.45. The SMILES string of the molecule is CC1(C)CC(=O)C(C(c2ccc(Cl)cc2)C(C#N)C(N)=S)=C(O)C1. The van der Waals surface area contributed by atoms with Crippen molar-refractivity contribution in [2.75, 3.05) is 0 Å². The fourth-order valence-electron chi connectivity index (χ4n) is 3.15. The third kappa shape index (κ3) is 3.77. The van der Waals surface area contributed by atoms with Crippen LogP contribution in [0.4, 0.5) is 0 Å². The summed E-state index contributed by atoms with van der Waals surface area (Å²) < 4.78 is 0. The third-order valence-electron chi connectivity index (χ3n) is 4.22. The van der Waals surface area contributed by atoms with Crippen LogP contribution >= 0.6 is 23.8 Å². The van der Waals surface area contributed by atoms with E-state index in [-0.39, 0.29) is 27.5 Å². The molecule has 1 aromatic carbocycles. The first-order chi connectivity index (χ1) is 11.2. The summed E-state index contributed by atoms with van der Waals surface area (Å²) >= 11 is 11.0. The highest BCUT2D eigenvalue weighted by atomic mass is 35.5. The number of Topliss-reactive ketones (excluding diaryl/α,β-unsaturated/α-hetero) is 1. The molecular formula is C18H19ClN2O2S. The first-order valence-electron chi connectivity index (χ1n) is 7.56. The van der Waals surface area contributed by atoms with Gasteiger partial charge in [0, 0.05) is 29.4 Å². The van der Waals surface area contributed by atoms with Crippen molar-refractivity contribution in [3.63, 3.8) is 0 Å². The maximum Gasteiger partial charge on any atom is 0.163 e. The molecule has 1 aromatic rings. The molecule has 1 aliphatic rings. The van der Waals surface area contributed by atoms with Gasteiger partial charge in [0.25, 0.3) is 0 Å². The number of aliphatic hydroxyl groups is 1. The van der Waals surface area contributed by atoms with Gasteiger partial charge in [0.15, 0.2) is 5.78 Å². The lowest BCUT2D eigenvalue weighted by atomic mass is 9.70. The number of allylic oxidation sites excluding steroid dienone is 2. The van der Waals surface area contributed by atoms with Gasteiger partial charge in [0.05, 0.1) is 11.1 Å². The number of hydrogen-bond donors (Lipinski definition) is 2. The van der Waals surface area contributed by atoms with E-state index in [0.717, 1.165) is 0 Å². The Morgan fingerprint density at radius 3 is 2.42 bits per heavy atom. The predicted molar refractivity (Wildman–Crippen MR) is 97.8 cm³/mol. The molecular weight excluding hydrogens is 344 g/mol. The number of nitrogens with zero attached hydrogens (tertiary/aromatic N) is 1. The van der Waals surface area contributed by atoms with E-state index in [4.69, 9.17) is 29.6 Å². The molecule has 0 bridgehead atoms. The van der Waals surface area contributed by atoms with E-state index in [1.54, 1.807) is 24.3 Å². The number of thiocarbonyl (C=S) groups is 1. The fraction of sp³-hybridized carbons (Fsp3) is 0.389. The average molecular weight is 363 g/mol. The Balaban J connectivity index is 2.62. The second-order valence-electron chi connectivity index (χ2n) is 6.84. The van der Waals surface area contributed by atoms with Gasteiger partial charge in [0.2, 0.25) is 0 Å². The molecule has 0 saturated heterocycles. The third-order valence-corrected chi connectivity index (χ3v) is 4.72. The molecule has 0 heterocycles. The number of nitrogens with two attached hydrogens (primary N) is 1. The van der Waals surface area contributed by atoms with Crippen LogP contribution in [0.1, 0.15) is 38.2 Å². The van der Waals surface area contributed by atoms with Gasteiger partial charge in [-0.15, -0.1) is 0 Å². The maximum absolute atomic E-state index is 12.7. The van der Waals surface area contributed by atoms with Crippen molar-refractivity contribution < 1.29 is 9.90 Å². The van der Waals surface area contributed by atoms with E-state index in [1.165, 1.54) is 0 Å². The standard InChI is InChI=1S/C18H19ClN2O2S/c1-18(2)7-13(22)16(14(23)8-18)15(12(9-20)17(21)24)10-3-5-11(19)6-4-10/h3-6,12,15,22H,7-8H2,1-2H3,(H2,21,24). The van der Waals surface area contributed by atoms with Gasteiger partial charge in [-0.1, -0.05) is 49.8 Å². The van der Waals surface area contributed by atoms with E-state index in [1.807, 2.05) is 13.8 Å². The van der Waals surface area contributed by atoms with Crippen molar-refractivity contribution in [1.82, 2.24) is 0 Å². The Bertz CT molecular complexity index is 747. The molecule has 126 valence electrons. The number of halogens is 1. The minimum Gasteiger partial charge on any atom is -0.512 e. The number of benzene rings is 1. The summed E-state index contributed by atoms with van der Waals surface area (Å²) in [5.74, 6) is -1.76. The molecule has 0 aromatic heterocycles. The Labute approximate surface area is 151 Å². The zero-order chi connectivity index (χ0) is 18.1. The van der Waals surface area contributed by atoms with Gasteiger partial charge in [-0.3, -0.25) is 4.79 Å². The summed E-state index contributed by atoms with van der Waals surface area (Å²) in [6.45, 7) is 3.84. The number of hydrogen-bond acceptors (Lipinski definition) is 4. The van der Waals surface area contributed by atoms with Crippen molar-refractivity contribution in [2.45, 2.75) is 32.6 Å². The number of aliphatic hydroxyl groups excluding tert-OH is 1. The molecule has 0 spiro atoms. The highest BCUT2D eigenvalue weighted by Crippen LogP contribution is 2.43. The quantitative estimate of drug-likeness (QED) is 0.789. The first kappa shape index (κ1) is 18.4. The van der Waals surface area contributed by atoms with Crippen LogP contribution in [0.2, 0.25) is 5.02 Å². The Kier molecular flexibility index (Phi) is 5.32. The van der Waals surface area contributed by atoms with E-state index in [2.05, 4.69) is 6.07 Å². The Hall–Kier alpha value is -1.90. The minimum absolute atomic E-state index is 0.00427. The summed E-state index contributed by atoms with van der Waals surface area (Å²) in [7, 11) is 0. The van der Waals surface area contributed by atoms with Crippen LogP contribution in [-0.4, -0.2) is 15.9 Å². The Morgan fingerprint density at radius 1 is 1.38 bits per heavy atom. The second-order valence-corrected chi connectivity index (χ2v) is 7.75. The summed E-state index contributed by atoms with van der Waals surface area (Å²) in [6, 6.07) is 8.87. The highest BCUT2D eigenvalue weighted by Gasteiger charge is 2.40. The van der Waals surface area contributed by atoms with E-state index in [0.29, 0.717) is 23.4 Å². The van der Waals surface area contributed by atoms with Crippen LogP contribution < -0.4 is 5.73 Å². The van der Waals surface area contributed by atoms with Gasteiger partial charge in [-0.2, -0.15) is 5.26 Å². The molecule has 0 amide bonds. The van der Waals surface area contributed by atoms with Gasteiger partial charge in [-0.05, 0) is 23.1 Å². The Morgan fingerprint density at radius 2 is 1.96 bits per heavy atom. The monoisotopic (exact) mass is 362 g/mol. The van der Waals surface area contributed by atoms with E-state index in [9.17, 15) is 15.2 Å². The van der Waals surface area contributed by atoms with Crippen LogP contribution in [0.25, 0.3) is 0 Å². The molecule has 0 fully saturated rings. The van der Waals surface area contributed by atoms with Gasteiger partial charge in [-0.25, -0.2) is 0 Å². The highest BCUT2D eigenvalue weighted by molar-refractivity contribution is 7.80. The number of carbonyl (C=O) groups is 1. The van der Waals surface area contributed by atoms with Crippen molar-refractivity contribution in [1.29, 1.82) is 5.26 Å². The first-order valence-corrected chi connectivity index (χ1v) is 8.34. The molecule has 24 heavy (non-hydrogen) atoms. The lowest BCUT2D eigenvalue weighted by molar-refractivity contribution is -0.118. The van der Waals surface area contributed by atoms with E-state index >= 15 is 0 Å². The lowest BCUT2D eigenvalue weighted by Gasteiger charge is -2.34. The van der Waals surface area contributed by atoms with Crippen molar-refractivity contribution >= 4 is 34.6 Å². The summed E-state index contributed by atoms with van der Waals surface area (Å²) in [5.41, 5.74) is 6.32. The molecule has 3 N–H and O–H groups in total. The van der Waals surface area contributed by atoms with Gasteiger partial charge < -0.3 is 10.8 Å². The largest absolute Gasteiger partial charge is 0.512 e. The van der Waals surface area contributed by atoms with Crippen molar-refractivity contribution in [3.8, 4) is 6.07 Å². The molecule has 2 rings (SSSR count). The van der Waals surface area contributed by atoms with Crippen LogP contribution in [-0.2, 0) is 4.79 Å². The van der Waals surface area contributed by atoms with Gasteiger partial charge in [0.1, 0.15) is 11.7 Å². The van der Waals surface area contributed by atoms with Crippen LogP contribution in [0, 0.1) is 22.7 Å². The second kappa shape index (κ2) is 6.92. The van der Waals surface area contributed by atoms with Crippen LogP contribution in [0.15, 0.2) is 35.6 Å². The number of carbonyl (C=O) groups excluding carboxylic acids is 1. The molecule has 2 unspecified atom stereocenters. The fourth-order valence-corrected chi connectivity index (χ4v) is 3.47. The number of rotatable bonds is 4. The van der Waals surface area contributed by atoms with Crippen LogP contribution in [0.3, 0.4) is 0 Å². The van der Waals surface area contributed by atoms with Crippen molar-refractivity contribution in [2.24, 2.45) is 17.1 Å². The number of nitriles is 1. The predicted octanol–water partition coefficient (Wildman–Crippen LogP) is 4.05. The molecule has 2 atom stereocenters. The molecule has 4 nitrogen and oxygen atoms in total. The molecule has 6 heteroatoms. The minimum atomic E-state index is -0.886. The molecule has 0 aliphatic heterocycles. The normalized spacial score (nSPS) is 19.5. The summed E-state index contributed by atoms with van der Waals surface area (Å²) in [5, 5.41) is 20.6. The van der Waals surface area contributed by atoms with Gasteiger partial charge >= 0.3 is 0 Å². The maximum atomic E-state index is 12.7. The topological polar surface area (TPSA) is 87.1 Å². The molecule has 0 radical (unpaired) electrons. The lowest BCUT2D eigenvalue weighted by Crippen LogP contribution is -2.34. The summed E-state index contributed by atoms with van der Waals surface area (Å²) in [6.07, 6.45) is 0.666. The van der Waals surface area contributed by atoms with Crippen LogP contribution in [0.5, 0.6) is 0 Å². The number of ketones is 1. The zero-order valence-electron chi connectivity index (χ0n) is 13.5.